The summed E-state index contributed by atoms with van der Waals surface area (Å²) in [6.07, 6.45) is 3.63. The maximum atomic E-state index is 14.0. The normalized spacial score (nSPS) is 22.8. The lowest BCUT2D eigenvalue weighted by Gasteiger charge is -2.35. The van der Waals surface area contributed by atoms with E-state index in [1.807, 2.05) is 0 Å². The van der Waals surface area contributed by atoms with Crippen molar-refractivity contribution in [3.63, 3.8) is 0 Å². The Labute approximate surface area is 140 Å². The van der Waals surface area contributed by atoms with Crippen LogP contribution in [0, 0.1) is 11.6 Å². The molecule has 0 radical (unpaired) electrons. The van der Waals surface area contributed by atoms with Crippen LogP contribution in [-0.4, -0.2) is 49.2 Å². The van der Waals surface area contributed by atoms with Crippen LogP contribution in [0.1, 0.15) is 32.1 Å². The standard InChI is InChI=1S/C16H20F2N2O3S/c17-12-6-7-15(13(18)11-12)24(22,23)20-10-2-1-5-14(20)16(21)19-8-3-4-9-19/h6-7,11,14H,1-5,8-10H2/t14-/m1/s1. The molecule has 2 aliphatic rings. The number of rotatable bonds is 3. The van der Waals surface area contributed by atoms with Gasteiger partial charge in [-0.2, -0.15) is 4.31 Å². The van der Waals surface area contributed by atoms with E-state index in [0.717, 1.165) is 35.7 Å². The van der Waals surface area contributed by atoms with Gasteiger partial charge in [-0.1, -0.05) is 6.42 Å². The van der Waals surface area contributed by atoms with Gasteiger partial charge in [-0.15, -0.1) is 0 Å². The zero-order valence-electron chi connectivity index (χ0n) is 13.2. The Kier molecular flexibility index (Phi) is 4.87. The van der Waals surface area contributed by atoms with E-state index in [4.69, 9.17) is 0 Å². The summed E-state index contributed by atoms with van der Waals surface area (Å²) < 4.78 is 53.8. The van der Waals surface area contributed by atoms with Crippen LogP contribution in [0.4, 0.5) is 8.78 Å². The Balaban J connectivity index is 1.92. The van der Waals surface area contributed by atoms with E-state index in [1.165, 1.54) is 0 Å². The van der Waals surface area contributed by atoms with Gasteiger partial charge < -0.3 is 4.90 Å². The number of carbonyl (C=O) groups is 1. The number of nitrogens with zero attached hydrogens (tertiary/aromatic N) is 2. The second kappa shape index (κ2) is 6.76. The Morgan fingerprint density at radius 2 is 1.71 bits per heavy atom. The molecule has 1 amide bonds. The lowest BCUT2D eigenvalue weighted by molar-refractivity contribution is -0.135. The zero-order valence-corrected chi connectivity index (χ0v) is 14.1. The number of halogens is 2. The number of amides is 1. The molecule has 1 aromatic carbocycles. The fourth-order valence-corrected chi connectivity index (χ4v) is 5.10. The molecule has 2 heterocycles. The molecule has 24 heavy (non-hydrogen) atoms. The van der Waals surface area contributed by atoms with Gasteiger partial charge in [-0.3, -0.25) is 4.79 Å². The topological polar surface area (TPSA) is 57.7 Å². The van der Waals surface area contributed by atoms with Crippen molar-refractivity contribution in [1.82, 2.24) is 9.21 Å². The molecule has 1 aromatic rings. The summed E-state index contributed by atoms with van der Waals surface area (Å²) in [6.45, 7) is 1.44. The van der Waals surface area contributed by atoms with Gasteiger partial charge in [0.15, 0.2) is 0 Å². The van der Waals surface area contributed by atoms with Crippen molar-refractivity contribution in [2.75, 3.05) is 19.6 Å². The lowest BCUT2D eigenvalue weighted by Crippen LogP contribution is -2.52. The molecule has 0 aliphatic carbocycles. The summed E-state index contributed by atoms with van der Waals surface area (Å²) in [4.78, 5) is 13.8. The Hall–Kier alpha value is -1.54. The van der Waals surface area contributed by atoms with Gasteiger partial charge >= 0.3 is 0 Å². The molecule has 2 fully saturated rings. The minimum Gasteiger partial charge on any atom is -0.341 e. The molecule has 1 atom stereocenters. The zero-order chi connectivity index (χ0) is 17.3. The first-order chi connectivity index (χ1) is 11.4. The van der Waals surface area contributed by atoms with E-state index in [0.29, 0.717) is 32.0 Å². The maximum Gasteiger partial charge on any atom is 0.246 e. The van der Waals surface area contributed by atoms with Crippen LogP contribution >= 0.6 is 0 Å². The predicted molar refractivity (Wildman–Crippen MR) is 83.7 cm³/mol. The summed E-state index contributed by atoms with van der Waals surface area (Å²) >= 11 is 0. The van der Waals surface area contributed by atoms with Gasteiger partial charge in [0.2, 0.25) is 15.9 Å². The van der Waals surface area contributed by atoms with Crippen molar-refractivity contribution in [1.29, 1.82) is 0 Å². The van der Waals surface area contributed by atoms with Gasteiger partial charge in [0.25, 0.3) is 0 Å². The fourth-order valence-electron chi connectivity index (χ4n) is 3.40. The molecule has 132 valence electrons. The van der Waals surface area contributed by atoms with Crippen molar-refractivity contribution >= 4 is 15.9 Å². The predicted octanol–water partition coefficient (Wildman–Crippen LogP) is 2.13. The van der Waals surface area contributed by atoms with Crippen molar-refractivity contribution < 1.29 is 22.0 Å². The monoisotopic (exact) mass is 358 g/mol. The molecular weight excluding hydrogens is 338 g/mol. The first-order valence-electron chi connectivity index (χ1n) is 8.17. The van der Waals surface area contributed by atoms with Gasteiger partial charge in [-0.25, -0.2) is 17.2 Å². The van der Waals surface area contributed by atoms with Crippen LogP contribution in [-0.2, 0) is 14.8 Å². The van der Waals surface area contributed by atoms with Gasteiger partial charge in [0.1, 0.15) is 22.6 Å². The number of piperidine rings is 1. The number of benzene rings is 1. The molecule has 0 unspecified atom stereocenters. The average Bonchev–Trinajstić information content (AvgIpc) is 3.08. The summed E-state index contributed by atoms with van der Waals surface area (Å²) in [5.41, 5.74) is 0. The molecular formula is C16H20F2N2O3S. The minimum absolute atomic E-state index is 0.170. The molecule has 0 spiro atoms. The highest BCUT2D eigenvalue weighted by atomic mass is 32.2. The van der Waals surface area contributed by atoms with Crippen LogP contribution in [0.15, 0.2) is 23.1 Å². The van der Waals surface area contributed by atoms with Crippen molar-refractivity contribution in [2.45, 2.75) is 43.0 Å². The van der Waals surface area contributed by atoms with Crippen LogP contribution < -0.4 is 0 Å². The van der Waals surface area contributed by atoms with E-state index in [-0.39, 0.29) is 12.5 Å². The summed E-state index contributed by atoms with van der Waals surface area (Å²) in [7, 11) is -4.19. The quantitative estimate of drug-likeness (QED) is 0.832. The molecule has 0 bridgehead atoms. The van der Waals surface area contributed by atoms with E-state index < -0.39 is 32.6 Å². The van der Waals surface area contributed by atoms with Gasteiger partial charge in [0, 0.05) is 25.7 Å². The van der Waals surface area contributed by atoms with Crippen LogP contribution in [0.2, 0.25) is 0 Å². The second-order valence-corrected chi connectivity index (χ2v) is 8.09. The minimum atomic E-state index is -4.19. The van der Waals surface area contributed by atoms with Crippen LogP contribution in [0.3, 0.4) is 0 Å². The highest BCUT2D eigenvalue weighted by Gasteiger charge is 2.40. The Bertz CT molecular complexity index is 733. The molecule has 0 aromatic heterocycles. The SMILES string of the molecule is O=C([C@H]1CCCCN1S(=O)(=O)c1ccc(F)cc1F)N1CCCC1. The lowest BCUT2D eigenvalue weighted by atomic mass is 10.0. The third kappa shape index (κ3) is 3.17. The number of hydrogen-bond acceptors (Lipinski definition) is 3. The Morgan fingerprint density at radius 3 is 2.38 bits per heavy atom. The van der Waals surface area contributed by atoms with Gasteiger partial charge in [-0.05, 0) is 37.8 Å². The van der Waals surface area contributed by atoms with Crippen LogP contribution in [0.25, 0.3) is 0 Å². The van der Waals surface area contributed by atoms with Crippen LogP contribution in [0.5, 0.6) is 0 Å². The first-order valence-corrected chi connectivity index (χ1v) is 9.61. The molecule has 8 heteroatoms. The summed E-state index contributed by atoms with van der Waals surface area (Å²) in [5.74, 6) is -2.18. The fraction of sp³-hybridized carbons (Fsp3) is 0.562. The molecule has 3 rings (SSSR count). The van der Waals surface area contributed by atoms with E-state index in [2.05, 4.69) is 0 Å². The smallest absolute Gasteiger partial charge is 0.246 e. The maximum absolute atomic E-state index is 14.0. The first kappa shape index (κ1) is 17.3. The number of sulfonamides is 1. The van der Waals surface area contributed by atoms with Gasteiger partial charge in [0.05, 0.1) is 0 Å². The third-order valence-corrected chi connectivity index (χ3v) is 6.58. The average molecular weight is 358 g/mol. The summed E-state index contributed by atoms with van der Waals surface area (Å²) in [5, 5.41) is 0. The molecule has 0 N–H and O–H groups in total. The highest BCUT2D eigenvalue weighted by molar-refractivity contribution is 7.89. The molecule has 2 aliphatic heterocycles. The molecule has 2 saturated heterocycles. The third-order valence-electron chi connectivity index (χ3n) is 4.64. The summed E-state index contributed by atoms with van der Waals surface area (Å²) in [6, 6.07) is 1.59. The molecule has 5 nitrogen and oxygen atoms in total. The number of likely N-dealkylation sites (tertiary alicyclic amines) is 1. The molecule has 0 saturated carbocycles. The van der Waals surface area contributed by atoms with Crippen molar-refractivity contribution in [2.24, 2.45) is 0 Å². The highest BCUT2D eigenvalue weighted by Crippen LogP contribution is 2.29. The Morgan fingerprint density at radius 1 is 1.04 bits per heavy atom. The number of hydrogen-bond donors (Lipinski definition) is 0. The van der Waals surface area contributed by atoms with E-state index in [9.17, 15) is 22.0 Å². The van der Waals surface area contributed by atoms with E-state index in [1.54, 1.807) is 4.90 Å². The van der Waals surface area contributed by atoms with Crippen molar-refractivity contribution in [3.05, 3.63) is 29.8 Å². The second-order valence-electron chi connectivity index (χ2n) is 6.23. The largest absolute Gasteiger partial charge is 0.341 e. The van der Waals surface area contributed by atoms with Crippen molar-refractivity contribution in [3.8, 4) is 0 Å². The van der Waals surface area contributed by atoms with E-state index >= 15 is 0 Å². The number of carbonyl (C=O) groups excluding carboxylic acids is 1.